The number of aryl methyl sites for hydroxylation is 1. The highest BCUT2D eigenvalue weighted by Gasteiger charge is 2.28. The van der Waals surface area contributed by atoms with Crippen LogP contribution in [0.1, 0.15) is 15.9 Å². The van der Waals surface area contributed by atoms with Gasteiger partial charge in [0, 0.05) is 5.69 Å². The van der Waals surface area contributed by atoms with Crippen LogP contribution in [0, 0.1) is 6.92 Å². The quantitative estimate of drug-likeness (QED) is 0.765. The molecule has 0 aromatic heterocycles. The fourth-order valence-electron chi connectivity index (χ4n) is 1.14. The van der Waals surface area contributed by atoms with Crippen LogP contribution in [0.3, 0.4) is 0 Å². The minimum Gasteiger partial charge on any atom is -0.398 e. The van der Waals surface area contributed by atoms with E-state index < -0.39 is 18.6 Å². The predicted octanol–water partition coefficient (Wildman–Crippen LogP) is 1.87. The zero-order valence-corrected chi connectivity index (χ0v) is 8.56. The van der Waals surface area contributed by atoms with Crippen LogP contribution in [-0.4, -0.2) is 18.6 Å². The summed E-state index contributed by atoms with van der Waals surface area (Å²) in [5.41, 5.74) is 6.46. The van der Waals surface area contributed by atoms with Crippen LogP contribution >= 0.6 is 0 Å². The fourth-order valence-corrected chi connectivity index (χ4v) is 1.14. The molecule has 88 valence electrons. The number of nitrogens with one attached hydrogen (secondary N) is 1. The number of rotatable bonds is 2. The maximum Gasteiger partial charge on any atom is 0.405 e. The molecule has 1 aromatic carbocycles. The van der Waals surface area contributed by atoms with E-state index in [1.54, 1.807) is 18.3 Å². The number of anilines is 1. The summed E-state index contributed by atoms with van der Waals surface area (Å²) in [7, 11) is 0. The number of alkyl halides is 3. The molecule has 0 spiro atoms. The van der Waals surface area contributed by atoms with Gasteiger partial charge in [-0.05, 0) is 19.1 Å². The summed E-state index contributed by atoms with van der Waals surface area (Å²) in [6, 6.07) is 4.61. The van der Waals surface area contributed by atoms with Gasteiger partial charge >= 0.3 is 6.18 Å². The molecule has 0 aliphatic carbocycles. The van der Waals surface area contributed by atoms with E-state index in [9.17, 15) is 18.0 Å². The molecule has 0 saturated carbocycles. The van der Waals surface area contributed by atoms with Crippen LogP contribution in [-0.2, 0) is 0 Å². The van der Waals surface area contributed by atoms with Gasteiger partial charge in [-0.25, -0.2) is 0 Å². The van der Waals surface area contributed by atoms with Crippen LogP contribution in [0.2, 0.25) is 0 Å². The molecular weight excluding hydrogens is 221 g/mol. The number of nitrogen functional groups attached to an aromatic ring is 1. The first-order valence-corrected chi connectivity index (χ1v) is 4.50. The van der Waals surface area contributed by atoms with Gasteiger partial charge in [-0.3, -0.25) is 4.79 Å². The van der Waals surface area contributed by atoms with Crippen LogP contribution in [0.5, 0.6) is 0 Å². The molecule has 1 rings (SSSR count). The van der Waals surface area contributed by atoms with Crippen LogP contribution < -0.4 is 11.1 Å². The molecule has 0 bridgehead atoms. The van der Waals surface area contributed by atoms with E-state index in [-0.39, 0.29) is 11.3 Å². The molecule has 0 saturated heterocycles. The van der Waals surface area contributed by atoms with Gasteiger partial charge < -0.3 is 11.1 Å². The zero-order chi connectivity index (χ0) is 12.3. The summed E-state index contributed by atoms with van der Waals surface area (Å²) >= 11 is 0. The van der Waals surface area contributed by atoms with Crippen LogP contribution in [0.25, 0.3) is 0 Å². The molecule has 3 nitrogen and oxygen atoms in total. The Labute approximate surface area is 90.4 Å². The molecule has 0 unspecified atom stereocenters. The lowest BCUT2D eigenvalue weighted by atomic mass is 10.1. The molecule has 0 atom stereocenters. The topological polar surface area (TPSA) is 55.1 Å². The van der Waals surface area contributed by atoms with Crippen molar-refractivity contribution in [1.29, 1.82) is 0 Å². The molecule has 0 radical (unpaired) electrons. The van der Waals surface area contributed by atoms with E-state index in [0.29, 0.717) is 0 Å². The van der Waals surface area contributed by atoms with Crippen molar-refractivity contribution in [3.8, 4) is 0 Å². The van der Waals surface area contributed by atoms with Crippen LogP contribution in [0.4, 0.5) is 18.9 Å². The number of halogens is 3. The minimum absolute atomic E-state index is 0.0595. The van der Waals surface area contributed by atoms with Gasteiger partial charge in [-0.2, -0.15) is 13.2 Å². The molecule has 0 heterocycles. The van der Waals surface area contributed by atoms with Crippen molar-refractivity contribution in [3.63, 3.8) is 0 Å². The Kier molecular flexibility index (Phi) is 3.41. The van der Waals surface area contributed by atoms with Crippen molar-refractivity contribution in [1.82, 2.24) is 5.32 Å². The molecule has 6 heteroatoms. The van der Waals surface area contributed by atoms with Gasteiger partial charge in [0.05, 0.1) is 5.56 Å². The van der Waals surface area contributed by atoms with Crippen molar-refractivity contribution in [2.75, 3.05) is 12.3 Å². The van der Waals surface area contributed by atoms with Gasteiger partial charge in [-0.1, -0.05) is 11.6 Å². The SMILES string of the molecule is Cc1ccc(N)c(C(=O)NCC(F)(F)F)c1. The summed E-state index contributed by atoms with van der Waals surface area (Å²) < 4.78 is 35.6. The largest absolute Gasteiger partial charge is 0.405 e. The minimum atomic E-state index is -4.42. The van der Waals surface area contributed by atoms with E-state index in [0.717, 1.165) is 5.56 Å². The summed E-state index contributed by atoms with van der Waals surface area (Å²) in [6.07, 6.45) is -4.42. The van der Waals surface area contributed by atoms with Crippen molar-refractivity contribution < 1.29 is 18.0 Å². The van der Waals surface area contributed by atoms with Crippen molar-refractivity contribution in [2.24, 2.45) is 0 Å². The molecule has 1 aromatic rings. The zero-order valence-electron chi connectivity index (χ0n) is 8.56. The van der Waals surface area contributed by atoms with E-state index in [1.807, 2.05) is 0 Å². The normalized spacial score (nSPS) is 11.2. The molecule has 0 aliphatic rings. The number of benzene rings is 1. The van der Waals surface area contributed by atoms with E-state index in [2.05, 4.69) is 0 Å². The first-order chi connectivity index (χ1) is 7.29. The van der Waals surface area contributed by atoms with Crippen LogP contribution in [0.15, 0.2) is 18.2 Å². The number of nitrogens with two attached hydrogens (primary N) is 1. The summed E-state index contributed by atoms with van der Waals surface area (Å²) in [6.45, 7) is 0.360. The highest BCUT2D eigenvalue weighted by Crippen LogP contribution is 2.15. The lowest BCUT2D eigenvalue weighted by molar-refractivity contribution is -0.123. The van der Waals surface area contributed by atoms with E-state index in [4.69, 9.17) is 5.73 Å². The lowest BCUT2D eigenvalue weighted by Gasteiger charge is -2.10. The smallest absolute Gasteiger partial charge is 0.398 e. The van der Waals surface area contributed by atoms with Crippen molar-refractivity contribution >= 4 is 11.6 Å². The number of carbonyl (C=O) groups excluding carboxylic acids is 1. The second kappa shape index (κ2) is 4.42. The molecule has 0 aliphatic heterocycles. The third-order valence-corrected chi connectivity index (χ3v) is 1.90. The molecule has 3 N–H and O–H groups in total. The standard InChI is InChI=1S/C10H11F3N2O/c1-6-2-3-8(14)7(4-6)9(16)15-5-10(11,12)13/h2-4H,5,14H2,1H3,(H,15,16). The second-order valence-corrected chi connectivity index (χ2v) is 3.39. The third-order valence-electron chi connectivity index (χ3n) is 1.90. The monoisotopic (exact) mass is 232 g/mol. The molecule has 16 heavy (non-hydrogen) atoms. The maximum atomic E-state index is 11.9. The van der Waals surface area contributed by atoms with E-state index in [1.165, 1.54) is 12.1 Å². The predicted molar refractivity (Wildman–Crippen MR) is 54.0 cm³/mol. The third kappa shape index (κ3) is 3.45. The Morgan fingerprint density at radius 2 is 2.06 bits per heavy atom. The fraction of sp³-hybridized carbons (Fsp3) is 0.300. The molecule has 0 fully saturated rings. The lowest BCUT2D eigenvalue weighted by Crippen LogP contribution is -2.34. The average molecular weight is 232 g/mol. The second-order valence-electron chi connectivity index (χ2n) is 3.39. The summed E-state index contributed by atoms with van der Waals surface area (Å²) in [5.74, 6) is -0.821. The number of hydrogen-bond donors (Lipinski definition) is 2. The Bertz CT molecular complexity index is 402. The molecular formula is C10H11F3N2O. The Balaban J connectivity index is 2.77. The average Bonchev–Trinajstić information content (AvgIpc) is 2.17. The van der Waals surface area contributed by atoms with Gasteiger partial charge in [0.15, 0.2) is 0 Å². The number of amides is 1. The molecule has 1 amide bonds. The van der Waals surface area contributed by atoms with Gasteiger partial charge in [0.25, 0.3) is 5.91 Å². The Morgan fingerprint density at radius 1 is 1.44 bits per heavy atom. The first kappa shape index (κ1) is 12.4. The Morgan fingerprint density at radius 3 is 2.62 bits per heavy atom. The van der Waals surface area contributed by atoms with Gasteiger partial charge in [0.1, 0.15) is 6.54 Å². The highest BCUT2D eigenvalue weighted by atomic mass is 19.4. The first-order valence-electron chi connectivity index (χ1n) is 4.50. The van der Waals surface area contributed by atoms with E-state index >= 15 is 0 Å². The summed E-state index contributed by atoms with van der Waals surface area (Å²) in [5, 5.41) is 1.76. The summed E-state index contributed by atoms with van der Waals surface area (Å²) in [4.78, 5) is 11.4. The number of hydrogen-bond acceptors (Lipinski definition) is 2. The van der Waals surface area contributed by atoms with Crippen molar-refractivity contribution in [3.05, 3.63) is 29.3 Å². The van der Waals surface area contributed by atoms with Crippen molar-refractivity contribution in [2.45, 2.75) is 13.1 Å². The van der Waals surface area contributed by atoms with Gasteiger partial charge in [0.2, 0.25) is 0 Å². The van der Waals surface area contributed by atoms with Gasteiger partial charge in [-0.15, -0.1) is 0 Å². The number of carbonyl (C=O) groups is 1. The Hall–Kier alpha value is -1.72. The highest BCUT2D eigenvalue weighted by molar-refractivity contribution is 5.99. The maximum absolute atomic E-state index is 11.9.